The lowest BCUT2D eigenvalue weighted by Gasteiger charge is -2.15. The molecule has 5 heteroatoms. The van der Waals surface area contributed by atoms with Crippen molar-refractivity contribution in [3.05, 3.63) is 50.7 Å². The molecule has 0 saturated heterocycles. The Kier molecular flexibility index (Phi) is 3.56. The van der Waals surface area contributed by atoms with Crippen LogP contribution in [0.15, 0.2) is 28.9 Å². The Labute approximate surface area is 114 Å². The number of aryl methyl sites for hydroxylation is 2. The van der Waals surface area contributed by atoms with Crippen LogP contribution in [0.2, 0.25) is 5.02 Å². The first-order chi connectivity index (χ1) is 8.00. The van der Waals surface area contributed by atoms with Crippen molar-refractivity contribution in [2.45, 2.75) is 13.0 Å². The number of hydrogen-bond acceptors (Lipinski definition) is 2. The molecular formula is C12H13BrClN3. The van der Waals surface area contributed by atoms with Gasteiger partial charge in [0.15, 0.2) is 0 Å². The van der Waals surface area contributed by atoms with Crippen LogP contribution in [0.25, 0.3) is 0 Å². The van der Waals surface area contributed by atoms with E-state index in [4.69, 9.17) is 17.3 Å². The lowest BCUT2D eigenvalue weighted by molar-refractivity contribution is 0.672. The van der Waals surface area contributed by atoms with E-state index in [-0.39, 0.29) is 6.04 Å². The van der Waals surface area contributed by atoms with Crippen LogP contribution in [-0.4, -0.2) is 9.78 Å². The Morgan fingerprint density at radius 2 is 2.18 bits per heavy atom. The molecule has 0 spiro atoms. The van der Waals surface area contributed by atoms with Crippen LogP contribution in [0.4, 0.5) is 0 Å². The van der Waals surface area contributed by atoms with Crippen LogP contribution in [0.3, 0.4) is 0 Å². The minimum Gasteiger partial charge on any atom is -0.319 e. The summed E-state index contributed by atoms with van der Waals surface area (Å²) in [4.78, 5) is 0. The van der Waals surface area contributed by atoms with Gasteiger partial charge in [-0.1, -0.05) is 39.7 Å². The van der Waals surface area contributed by atoms with Gasteiger partial charge < -0.3 is 5.73 Å². The third-order valence-corrected chi connectivity index (χ3v) is 3.70. The minimum atomic E-state index is -0.287. The van der Waals surface area contributed by atoms with Gasteiger partial charge in [-0.2, -0.15) is 5.10 Å². The van der Waals surface area contributed by atoms with E-state index in [0.717, 1.165) is 15.7 Å². The predicted molar refractivity (Wildman–Crippen MR) is 73.1 cm³/mol. The molecule has 0 aliphatic heterocycles. The zero-order chi connectivity index (χ0) is 12.6. The number of nitrogens with zero attached hydrogens (tertiary/aromatic N) is 2. The summed E-state index contributed by atoms with van der Waals surface area (Å²) in [5, 5.41) is 4.69. The Hall–Kier alpha value is -0.840. The highest BCUT2D eigenvalue weighted by Gasteiger charge is 2.18. The quantitative estimate of drug-likeness (QED) is 0.925. The smallest absolute Gasteiger partial charge is 0.0837 e. The molecule has 0 radical (unpaired) electrons. The van der Waals surface area contributed by atoms with Gasteiger partial charge in [-0.3, -0.25) is 4.68 Å². The van der Waals surface area contributed by atoms with Gasteiger partial charge in [-0.05, 0) is 24.1 Å². The van der Waals surface area contributed by atoms with Crippen LogP contribution < -0.4 is 5.73 Å². The second-order valence-corrected chi connectivity index (χ2v) is 5.27. The van der Waals surface area contributed by atoms with E-state index in [2.05, 4.69) is 21.0 Å². The number of nitrogens with two attached hydrogens (primary N) is 1. The van der Waals surface area contributed by atoms with E-state index in [1.54, 1.807) is 10.9 Å². The van der Waals surface area contributed by atoms with Crippen molar-refractivity contribution in [2.75, 3.05) is 0 Å². The van der Waals surface area contributed by atoms with Crippen molar-refractivity contribution in [1.29, 1.82) is 0 Å². The highest BCUT2D eigenvalue weighted by Crippen LogP contribution is 2.30. The fraction of sp³-hybridized carbons (Fsp3) is 0.250. The Balaban J connectivity index is 2.47. The van der Waals surface area contributed by atoms with Gasteiger partial charge in [0.05, 0.1) is 23.0 Å². The standard InChI is InChI=1S/C12H13BrClN3/c1-7-3-4-8(9(13)5-7)11(15)12-10(14)6-16-17(12)2/h3-6,11H,15H2,1-2H3. The SMILES string of the molecule is Cc1ccc(C(N)c2c(Cl)cnn2C)c(Br)c1. The van der Waals surface area contributed by atoms with Crippen molar-refractivity contribution in [1.82, 2.24) is 9.78 Å². The maximum atomic E-state index is 6.24. The van der Waals surface area contributed by atoms with Crippen LogP contribution in [-0.2, 0) is 7.05 Å². The lowest BCUT2D eigenvalue weighted by Crippen LogP contribution is -2.17. The van der Waals surface area contributed by atoms with Gasteiger partial charge in [0.25, 0.3) is 0 Å². The van der Waals surface area contributed by atoms with Gasteiger partial charge in [0.1, 0.15) is 0 Å². The van der Waals surface area contributed by atoms with Gasteiger partial charge in [-0.15, -0.1) is 0 Å². The monoisotopic (exact) mass is 313 g/mol. The number of rotatable bonds is 2. The third kappa shape index (κ3) is 2.39. The molecule has 90 valence electrons. The van der Waals surface area contributed by atoms with E-state index >= 15 is 0 Å². The molecule has 2 aromatic rings. The van der Waals surface area contributed by atoms with Gasteiger partial charge in [0, 0.05) is 11.5 Å². The first-order valence-electron chi connectivity index (χ1n) is 5.19. The summed E-state index contributed by atoms with van der Waals surface area (Å²) in [7, 11) is 1.84. The first-order valence-corrected chi connectivity index (χ1v) is 6.37. The molecule has 0 amide bonds. The van der Waals surface area contributed by atoms with Crippen molar-refractivity contribution >= 4 is 27.5 Å². The van der Waals surface area contributed by atoms with E-state index < -0.39 is 0 Å². The number of aromatic nitrogens is 2. The molecule has 0 aliphatic carbocycles. The van der Waals surface area contributed by atoms with Crippen molar-refractivity contribution in [2.24, 2.45) is 12.8 Å². The van der Waals surface area contributed by atoms with E-state index in [9.17, 15) is 0 Å². The molecule has 2 N–H and O–H groups in total. The zero-order valence-electron chi connectivity index (χ0n) is 9.61. The molecule has 0 fully saturated rings. The fourth-order valence-corrected chi connectivity index (χ4v) is 2.83. The zero-order valence-corrected chi connectivity index (χ0v) is 12.0. The van der Waals surface area contributed by atoms with Crippen molar-refractivity contribution in [3.8, 4) is 0 Å². The van der Waals surface area contributed by atoms with E-state index in [0.29, 0.717) is 5.02 Å². The summed E-state index contributed by atoms with van der Waals surface area (Å²) in [5.74, 6) is 0. The third-order valence-electron chi connectivity index (χ3n) is 2.72. The number of halogens is 2. The summed E-state index contributed by atoms with van der Waals surface area (Å²) in [6, 6.07) is 5.79. The summed E-state index contributed by atoms with van der Waals surface area (Å²) >= 11 is 9.62. The van der Waals surface area contributed by atoms with Crippen LogP contribution in [0.5, 0.6) is 0 Å². The van der Waals surface area contributed by atoms with Crippen LogP contribution >= 0.6 is 27.5 Å². The molecule has 2 rings (SSSR count). The largest absolute Gasteiger partial charge is 0.319 e. The average molecular weight is 315 g/mol. The molecule has 0 bridgehead atoms. The summed E-state index contributed by atoms with van der Waals surface area (Å²) in [6.45, 7) is 2.04. The maximum absolute atomic E-state index is 6.24. The summed E-state index contributed by atoms with van der Waals surface area (Å²) < 4.78 is 2.70. The molecule has 1 aromatic heterocycles. The van der Waals surface area contributed by atoms with Crippen molar-refractivity contribution in [3.63, 3.8) is 0 Å². The highest BCUT2D eigenvalue weighted by molar-refractivity contribution is 9.10. The maximum Gasteiger partial charge on any atom is 0.0837 e. The molecule has 0 saturated carbocycles. The fourth-order valence-electron chi connectivity index (χ4n) is 1.80. The van der Waals surface area contributed by atoms with Gasteiger partial charge >= 0.3 is 0 Å². The first kappa shape index (κ1) is 12.6. The predicted octanol–water partition coefficient (Wildman–Crippen LogP) is 3.19. The number of hydrogen-bond donors (Lipinski definition) is 1. The molecular weight excluding hydrogens is 302 g/mol. The van der Waals surface area contributed by atoms with E-state index in [1.807, 2.05) is 32.2 Å². The Bertz CT molecular complexity index is 531. The Morgan fingerprint density at radius 3 is 2.71 bits per heavy atom. The molecule has 1 heterocycles. The molecule has 0 aliphatic rings. The second kappa shape index (κ2) is 4.80. The Morgan fingerprint density at radius 1 is 1.47 bits per heavy atom. The summed E-state index contributed by atoms with van der Waals surface area (Å²) in [6.07, 6.45) is 1.61. The normalized spacial score (nSPS) is 12.8. The molecule has 3 nitrogen and oxygen atoms in total. The molecule has 1 unspecified atom stereocenters. The van der Waals surface area contributed by atoms with Crippen LogP contribution in [0.1, 0.15) is 22.9 Å². The van der Waals surface area contributed by atoms with Gasteiger partial charge in [0.2, 0.25) is 0 Å². The van der Waals surface area contributed by atoms with Crippen molar-refractivity contribution < 1.29 is 0 Å². The second-order valence-electron chi connectivity index (χ2n) is 4.00. The molecule has 1 aromatic carbocycles. The number of benzene rings is 1. The minimum absolute atomic E-state index is 0.287. The highest BCUT2D eigenvalue weighted by atomic mass is 79.9. The average Bonchev–Trinajstić information content (AvgIpc) is 2.58. The topological polar surface area (TPSA) is 43.8 Å². The summed E-state index contributed by atoms with van der Waals surface area (Å²) in [5.41, 5.74) is 9.24. The molecule has 17 heavy (non-hydrogen) atoms. The van der Waals surface area contributed by atoms with Crippen LogP contribution in [0, 0.1) is 6.92 Å². The van der Waals surface area contributed by atoms with E-state index in [1.165, 1.54) is 5.56 Å². The lowest BCUT2D eigenvalue weighted by atomic mass is 10.0. The molecule has 1 atom stereocenters. The van der Waals surface area contributed by atoms with Gasteiger partial charge in [-0.25, -0.2) is 0 Å².